The number of para-hydroxylation sites is 1. The lowest BCUT2D eigenvalue weighted by Gasteiger charge is -2.22. The van der Waals surface area contributed by atoms with Gasteiger partial charge in [0.1, 0.15) is 11.6 Å². The summed E-state index contributed by atoms with van der Waals surface area (Å²) in [6, 6.07) is 11.9. The Balaban J connectivity index is 2.46. The van der Waals surface area contributed by atoms with Gasteiger partial charge in [-0.3, -0.25) is 0 Å². The van der Waals surface area contributed by atoms with Crippen LogP contribution in [0.1, 0.15) is 31.0 Å². The van der Waals surface area contributed by atoms with Gasteiger partial charge in [0.2, 0.25) is 0 Å². The third kappa shape index (κ3) is 3.08. The summed E-state index contributed by atoms with van der Waals surface area (Å²) in [5.41, 5.74) is 8.07. The summed E-state index contributed by atoms with van der Waals surface area (Å²) >= 11 is 0. The predicted octanol–water partition coefficient (Wildman–Crippen LogP) is 2.76. The quantitative estimate of drug-likeness (QED) is 0.848. The van der Waals surface area contributed by atoms with E-state index >= 15 is 0 Å². The van der Waals surface area contributed by atoms with E-state index in [-0.39, 0.29) is 6.04 Å². The van der Waals surface area contributed by atoms with E-state index in [1.807, 2.05) is 37.3 Å². The van der Waals surface area contributed by atoms with Crippen LogP contribution < -0.4 is 15.8 Å². The van der Waals surface area contributed by atoms with E-state index in [4.69, 9.17) is 10.5 Å². The second kappa shape index (κ2) is 6.91. The number of hydrogen-bond acceptors (Lipinski definition) is 4. The zero-order valence-corrected chi connectivity index (χ0v) is 12.0. The highest BCUT2D eigenvalue weighted by atomic mass is 16.5. The molecule has 0 amide bonds. The van der Waals surface area contributed by atoms with Crippen molar-refractivity contribution in [3.63, 3.8) is 0 Å². The van der Waals surface area contributed by atoms with Crippen LogP contribution in [0.4, 0.5) is 5.82 Å². The maximum atomic E-state index is 6.02. The van der Waals surface area contributed by atoms with E-state index in [0.717, 1.165) is 23.4 Å². The molecule has 106 valence electrons. The average molecular weight is 271 g/mol. The minimum absolute atomic E-state index is 0.0172. The summed E-state index contributed by atoms with van der Waals surface area (Å²) in [7, 11) is 0. The van der Waals surface area contributed by atoms with Crippen LogP contribution in [0.5, 0.6) is 5.75 Å². The summed E-state index contributed by atoms with van der Waals surface area (Å²) < 4.78 is 5.72. The van der Waals surface area contributed by atoms with Crippen LogP contribution >= 0.6 is 0 Å². The van der Waals surface area contributed by atoms with Gasteiger partial charge >= 0.3 is 0 Å². The molecule has 0 aliphatic heterocycles. The van der Waals surface area contributed by atoms with Gasteiger partial charge in [-0.05, 0) is 25.6 Å². The first-order valence-corrected chi connectivity index (χ1v) is 6.93. The molecular formula is C16H21N3O. The highest BCUT2D eigenvalue weighted by Crippen LogP contribution is 2.31. The lowest BCUT2D eigenvalue weighted by atomic mass is 9.98. The monoisotopic (exact) mass is 271 g/mol. The van der Waals surface area contributed by atoms with Crippen LogP contribution in [0.15, 0.2) is 42.6 Å². The smallest absolute Gasteiger partial charge is 0.128 e. The van der Waals surface area contributed by atoms with Gasteiger partial charge in [-0.25, -0.2) is 4.98 Å². The maximum Gasteiger partial charge on any atom is 0.128 e. The van der Waals surface area contributed by atoms with Gasteiger partial charge in [0.25, 0.3) is 0 Å². The summed E-state index contributed by atoms with van der Waals surface area (Å²) in [6.45, 7) is 5.53. The number of pyridine rings is 1. The third-order valence-electron chi connectivity index (χ3n) is 3.12. The lowest BCUT2D eigenvalue weighted by molar-refractivity contribution is 0.333. The van der Waals surface area contributed by atoms with Crippen LogP contribution in [0.25, 0.3) is 0 Å². The van der Waals surface area contributed by atoms with Crippen molar-refractivity contribution in [2.24, 2.45) is 0 Å². The number of ether oxygens (including phenoxy) is 1. The second-order valence-electron chi connectivity index (χ2n) is 4.44. The molecule has 2 aromatic rings. The Morgan fingerprint density at radius 1 is 1.15 bits per heavy atom. The number of rotatable bonds is 6. The Labute approximate surface area is 120 Å². The van der Waals surface area contributed by atoms with E-state index in [9.17, 15) is 0 Å². The van der Waals surface area contributed by atoms with E-state index in [1.54, 1.807) is 6.20 Å². The van der Waals surface area contributed by atoms with Crippen molar-refractivity contribution in [3.05, 3.63) is 53.7 Å². The number of nitrogens with one attached hydrogen (secondary N) is 1. The minimum Gasteiger partial charge on any atom is -0.494 e. The first kappa shape index (κ1) is 14.3. The first-order chi connectivity index (χ1) is 9.77. The van der Waals surface area contributed by atoms with Crippen LogP contribution in [0, 0.1) is 0 Å². The summed E-state index contributed by atoms with van der Waals surface area (Å²) in [4.78, 5) is 4.18. The molecular weight excluding hydrogens is 250 g/mol. The van der Waals surface area contributed by atoms with Crippen LogP contribution in [0.3, 0.4) is 0 Å². The van der Waals surface area contributed by atoms with Gasteiger partial charge in [-0.2, -0.15) is 0 Å². The number of nitrogen functional groups attached to an aromatic ring is 1. The van der Waals surface area contributed by atoms with Gasteiger partial charge in [-0.1, -0.05) is 31.2 Å². The standard InChI is InChI=1S/C16H21N3O/c1-3-18-15(13-9-7-11-19-16(13)17)12-8-5-6-10-14(12)20-4-2/h5-11,15,18H,3-4H2,1-2H3,(H2,17,19). The van der Waals surface area contributed by atoms with E-state index < -0.39 is 0 Å². The Bertz CT molecular complexity index is 557. The highest BCUT2D eigenvalue weighted by molar-refractivity contribution is 5.49. The second-order valence-corrected chi connectivity index (χ2v) is 4.44. The topological polar surface area (TPSA) is 60.2 Å². The minimum atomic E-state index is -0.0172. The van der Waals surface area contributed by atoms with E-state index in [0.29, 0.717) is 12.4 Å². The molecule has 0 fully saturated rings. The molecule has 2 rings (SSSR count). The SMILES string of the molecule is CCNC(c1ccccc1OCC)c1cccnc1N. The Kier molecular flexibility index (Phi) is 4.96. The van der Waals surface area contributed by atoms with Gasteiger partial charge in [0.15, 0.2) is 0 Å². The number of hydrogen-bond donors (Lipinski definition) is 2. The Morgan fingerprint density at radius 3 is 2.60 bits per heavy atom. The molecule has 1 aromatic heterocycles. The van der Waals surface area contributed by atoms with Crippen LogP contribution in [-0.4, -0.2) is 18.1 Å². The largest absolute Gasteiger partial charge is 0.494 e. The summed E-state index contributed by atoms with van der Waals surface area (Å²) in [5.74, 6) is 1.42. The van der Waals surface area contributed by atoms with Crippen molar-refractivity contribution in [3.8, 4) is 5.75 Å². The Morgan fingerprint density at radius 2 is 1.90 bits per heavy atom. The normalized spacial score (nSPS) is 12.1. The Hall–Kier alpha value is -2.07. The molecule has 0 spiro atoms. The van der Waals surface area contributed by atoms with Crippen molar-refractivity contribution >= 4 is 5.82 Å². The molecule has 0 radical (unpaired) electrons. The fraction of sp³-hybridized carbons (Fsp3) is 0.312. The lowest BCUT2D eigenvalue weighted by Crippen LogP contribution is -2.24. The maximum absolute atomic E-state index is 6.02. The zero-order chi connectivity index (χ0) is 14.4. The molecule has 0 saturated carbocycles. The number of nitrogens with zero attached hydrogens (tertiary/aromatic N) is 1. The molecule has 1 heterocycles. The molecule has 1 atom stereocenters. The van der Waals surface area contributed by atoms with Crippen molar-refractivity contribution in [2.45, 2.75) is 19.9 Å². The number of nitrogens with two attached hydrogens (primary N) is 1. The molecule has 0 bridgehead atoms. The highest BCUT2D eigenvalue weighted by Gasteiger charge is 2.19. The molecule has 0 aliphatic carbocycles. The molecule has 1 aromatic carbocycles. The summed E-state index contributed by atoms with van der Waals surface area (Å²) in [6.07, 6.45) is 1.70. The number of anilines is 1. The summed E-state index contributed by atoms with van der Waals surface area (Å²) in [5, 5.41) is 3.45. The zero-order valence-electron chi connectivity index (χ0n) is 12.0. The van der Waals surface area contributed by atoms with Crippen molar-refractivity contribution in [2.75, 3.05) is 18.9 Å². The van der Waals surface area contributed by atoms with Crippen molar-refractivity contribution in [1.29, 1.82) is 0 Å². The van der Waals surface area contributed by atoms with Crippen molar-refractivity contribution < 1.29 is 4.74 Å². The van der Waals surface area contributed by atoms with Crippen LogP contribution in [-0.2, 0) is 0 Å². The third-order valence-corrected chi connectivity index (χ3v) is 3.12. The molecule has 1 unspecified atom stereocenters. The number of aromatic nitrogens is 1. The molecule has 0 aliphatic rings. The van der Waals surface area contributed by atoms with Crippen molar-refractivity contribution in [1.82, 2.24) is 10.3 Å². The fourth-order valence-electron chi connectivity index (χ4n) is 2.27. The average Bonchev–Trinajstić information content (AvgIpc) is 2.47. The number of benzene rings is 1. The van der Waals surface area contributed by atoms with Gasteiger partial charge in [0.05, 0.1) is 12.6 Å². The molecule has 4 nitrogen and oxygen atoms in total. The van der Waals surface area contributed by atoms with Gasteiger partial charge < -0.3 is 15.8 Å². The van der Waals surface area contributed by atoms with Crippen LogP contribution in [0.2, 0.25) is 0 Å². The van der Waals surface area contributed by atoms with Gasteiger partial charge in [0, 0.05) is 17.3 Å². The fourth-order valence-corrected chi connectivity index (χ4v) is 2.27. The van der Waals surface area contributed by atoms with E-state index in [1.165, 1.54) is 0 Å². The first-order valence-electron chi connectivity index (χ1n) is 6.93. The molecule has 3 N–H and O–H groups in total. The molecule has 20 heavy (non-hydrogen) atoms. The molecule has 0 saturated heterocycles. The van der Waals surface area contributed by atoms with Gasteiger partial charge in [-0.15, -0.1) is 0 Å². The predicted molar refractivity (Wildman–Crippen MR) is 81.8 cm³/mol. The molecule has 4 heteroatoms. The van der Waals surface area contributed by atoms with E-state index in [2.05, 4.69) is 23.3 Å².